The van der Waals surface area contributed by atoms with Gasteiger partial charge in [0.15, 0.2) is 16.6 Å². The molecule has 0 bridgehead atoms. The molecule has 0 saturated heterocycles. The smallest absolute Gasteiger partial charge is 0.314 e. The van der Waals surface area contributed by atoms with Crippen molar-refractivity contribution in [1.82, 2.24) is 15.0 Å². The molecule has 1 heterocycles. The van der Waals surface area contributed by atoms with E-state index in [-0.39, 0.29) is 5.75 Å². The van der Waals surface area contributed by atoms with Crippen molar-refractivity contribution in [3.63, 3.8) is 0 Å². The molecule has 0 fully saturated rings. The number of phenols is 1. The summed E-state index contributed by atoms with van der Waals surface area (Å²) in [7, 11) is -5.86. The number of phenolic OH excluding ortho intramolecular Hbond substituents is 1. The van der Waals surface area contributed by atoms with Gasteiger partial charge in [-0.25, -0.2) is 0 Å². The Morgan fingerprint density at radius 3 is 1.91 bits per heavy atom. The largest absolute Gasteiger partial charge is 0.505 e. The van der Waals surface area contributed by atoms with Crippen LogP contribution in [0.5, 0.6) is 5.75 Å². The summed E-state index contributed by atoms with van der Waals surface area (Å²) in [4.78, 5) is 1.54. The number of hydrogen-bond donors (Lipinski definition) is 1. The molecular formula is C24H39N3O3Si3. The summed E-state index contributed by atoms with van der Waals surface area (Å²) in [5, 5.41) is 20.3. The average Bonchev–Trinajstić information content (AvgIpc) is 3.04. The minimum atomic E-state index is -2.36. The van der Waals surface area contributed by atoms with Crippen molar-refractivity contribution in [3.05, 3.63) is 47.5 Å². The molecule has 0 spiro atoms. The Kier molecular flexibility index (Phi) is 7.40. The fourth-order valence-corrected chi connectivity index (χ4v) is 17.6. The Morgan fingerprint density at radius 2 is 1.42 bits per heavy atom. The Bertz CT molecular complexity index is 1070. The molecule has 0 saturated carbocycles. The molecule has 6 nitrogen and oxygen atoms in total. The number of rotatable bonds is 9. The fourth-order valence-electron chi connectivity index (χ4n) is 4.59. The van der Waals surface area contributed by atoms with Crippen molar-refractivity contribution in [2.24, 2.45) is 5.92 Å². The van der Waals surface area contributed by atoms with Gasteiger partial charge in [0.2, 0.25) is 0 Å². The highest BCUT2D eigenvalue weighted by atomic mass is 28.5. The second kappa shape index (κ2) is 9.46. The summed E-state index contributed by atoms with van der Waals surface area (Å²) in [6.45, 7) is 19.9. The third-order valence-corrected chi connectivity index (χ3v) is 14.9. The number of aromatic hydroxyl groups is 1. The van der Waals surface area contributed by atoms with Crippen LogP contribution in [0.1, 0.15) is 18.1 Å². The van der Waals surface area contributed by atoms with Crippen LogP contribution in [-0.4, -0.2) is 45.3 Å². The van der Waals surface area contributed by atoms with Gasteiger partial charge in [0.05, 0.1) is 0 Å². The summed E-state index contributed by atoms with van der Waals surface area (Å²) < 4.78 is 13.4. The zero-order valence-corrected chi connectivity index (χ0v) is 24.6. The second-order valence-electron chi connectivity index (χ2n) is 11.3. The molecule has 0 radical (unpaired) electrons. The third-order valence-electron chi connectivity index (χ3n) is 5.15. The molecule has 3 aromatic rings. The maximum Gasteiger partial charge on any atom is 0.314 e. The lowest BCUT2D eigenvalue weighted by molar-refractivity contribution is 0.368. The maximum absolute atomic E-state index is 11.2. The maximum atomic E-state index is 11.2. The fraction of sp³-hybridized carbons (Fsp3) is 0.500. The van der Waals surface area contributed by atoms with Gasteiger partial charge in [0, 0.05) is 0 Å². The van der Waals surface area contributed by atoms with Crippen LogP contribution in [0, 0.1) is 12.8 Å². The minimum Gasteiger partial charge on any atom is -0.505 e. The highest BCUT2D eigenvalue weighted by Gasteiger charge is 2.41. The molecule has 180 valence electrons. The molecule has 1 N–H and O–H groups in total. The van der Waals surface area contributed by atoms with Crippen molar-refractivity contribution < 1.29 is 13.3 Å². The van der Waals surface area contributed by atoms with E-state index in [1.165, 1.54) is 0 Å². The van der Waals surface area contributed by atoms with E-state index in [0.717, 1.165) is 34.6 Å². The van der Waals surface area contributed by atoms with E-state index in [2.05, 4.69) is 69.0 Å². The molecule has 0 aliphatic carbocycles. The van der Waals surface area contributed by atoms with Gasteiger partial charge in [0.25, 0.3) is 0 Å². The van der Waals surface area contributed by atoms with E-state index >= 15 is 0 Å². The van der Waals surface area contributed by atoms with Crippen LogP contribution in [0.15, 0.2) is 36.4 Å². The molecular weight excluding hydrogens is 463 g/mol. The van der Waals surface area contributed by atoms with E-state index in [0.29, 0.717) is 11.6 Å². The van der Waals surface area contributed by atoms with E-state index in [1.54, 1.807) is 4.80 Å². The summed E-state index contributed by atoms with van der Waals surface area (Å²) in [6, 6.07) is 12.6. The molecule has 3 rings (SSSR count). The lowest BCUT2D eigenvalue weighted by Crippen LogP contribution is -2.53. The Morgan fingerprint density at radius 1 is 0.909 bits per heavy atom. The molecule has 0 aliphatic rings. The zero-order chi connectivity index (χ0) is 24.6. The summed E-state index contributed by atoms with van der Waals surface area (Å²) in [5.41, 5.74) is 4.22. The molecule has 1 atom stereocenters. The number of aromatic nitrogens is 3. The SMILES string of the molecule is Cc1cc(C[C@H](C)C[Si](C)(O[Si](C)(C)C)O[Si](C)(C)C)c(O)c(-n2nc3ccccc3n2)c1. The van der Waals surface area contributed by atoms with Gasteiger partial charge in [-0.1, -0.05) is 25.1 Å². The van der Waals surface area contributed by atoms with Crippen LogP contribution in [0.4, 0.5) is 0 Å². The van der Waals surface area contributed by atoms with Gasteiger partial charge < -0.3 is 13.3 Å². The standard InChI is InChI=1S/C24H39N3O3Si3/c1-18-14-20(15-19(2)17-33(9,29-31(3,4)5)30-32(6,7)8)24(28)23(16-18)27-25-21-12-10-11-13-22(21)26-27/h10-14,16,19,28H,15,17H2,1-9H3/t19-/m0/s1. The predicted molar refractivity (Wildman–Crippen MR) is 143 cm³/mol. The van der Waals surface area contributed by atoms with Crippen LogP contribution >= 0.6 is 0 Å². The highest BCUT2D eigenvalue weighted by Crippen LogP contribution is 2.33. The van der Waals surface area contributed by atoms with Crippen LogP contribution in [0.3, 0.4) is 0 Å². The predicted octanol–water partition coefficient (Wildman–Crippen LogP) is 6.39. The van der Waals surface area contributed by atoms with E-state index in [1.807, 2.05) is 37.3 Å². The topological polar surface area (TPSA) is 69.4 Å². The lowest BCUT2D eigenvalue weighted by atomic mass is 9.99. The molecule has 0 unspecified atom stereocenters. The van der Waals surface area contributed by atoms with E-state index < -0.39 is 25.2 Å². The van der Waals surface area contributed by atoms with E-state index in [4.69, 9.17) is 8.23 Å². The lowest BCUT2D eigenvalue weighted by Gasteiger charge is -2.39. The molecule has 2 aromatic carbocycles. The van der Waals surface area contributed by atoms with Crippen molar-refractivity contribution in [3.8, 4) is 11.4 Å². The van der Waals surface area contributed by atoms with Crippen LogP contribution in [0.25, 0.3) is 16.7 Å². The van der Waals surface area contributed by atoms with Crippen molar-refractivity contribution >= 4 is 36.2 Å². The molecule has 1 aromatic heterocycles. The molecule has 33 heavy (non-hydrogen) atoms. The quantitative estimate of drug-likeness (QED) is 0.344. The van der Waals surface area contributed by atoms with Crippen molar-refractivity contribution in [2.75, 3.05) is 0 Å². The Labute approximate surface area is 201 Å². The molecule has 9 heteroatoms. The second-order valence-corrected chi connectivity index (χ2v) is 24.1. The number of fused-ring (bicyclic) bond motifs is 1. The normalized spacial score (nSPS) is 14.1. The van der Waals surface area contributed by atoms with Crippen molar-refractivity contribution in [1.29, 1.82) is 0 Å². The number of hydrogen-bond acceptors (Lipinski definition) is 5. The molecule has 0 amide bonds. The number of aryl methyl sites for hydroxylation is 1. The first-order valence-corrected chi connectivity index (χ1v) is 21.0. The Hall–Kier alpha value is -1.79. The summed E-state index contributed by atoms with van der Waals surface area (Å²) in [5.74, 6) is 0.549. The van der Waals surface area contributed by atoms with Crippen LogP contribution in [0.2, 0.25) is 51.9 Å². The van der Waals surface area contributed by atoms with Crippen LogP contribution in [-0.2, 0) is 14.7 Å². The summed E-state index contributed by atoms with van der Waals surface area (Å²) in [6.07, 6.45) is 0.744. The zero-order valence-electron chi connectivity index (χ0n) is 21.6. The first-order chi connectivity index (χ1) is 15.1. The number of benzene rings is 2. The monoisotopic (exact) mass is 501 g/mol. The highest BCUT2D eigenvalue weighted by molar-refractivity contribution is 6.87. The van der Waals surface area contributed by atoms with Gasteiger partial charge in [0.1, 0.15) is 22.5 Å². The average molecular weight is 502 g/mol. The number of nitrogens with zero attached hydrogens (tertiary/aromatic N) is 3. The van der Waals surface area contributed by atoms with Crippen LogP contribution < -0.4 is 0 Å². The minimum absolute atomic E-state index is 0.244. The Balaban J connectivity index is 1.87. The molecule has 0 aliphatic heterocycles. The van der Waals surface area contributed by atoms with Gasteiger partial charge in [-0.3, -0.25) is 0 Å². The van der Waals surface area contributed by atoms with Gasteiger partial charge in [-0.05, 0) is 100 Å². The first kappa shape index (κ1) is 25.8. The van der Waals surface area contributed by atoms with Crippen molar-refractivity contribution in [2.45, 2.75) is 72.1 Å². The first-order valence-electron chi connectivity index (χ1n) is 11.7. The van der Waals surface area contributed by atoms with E-state index in [9.17, 15) is 5.11 Å². The van der Waals surface area contributed by atoms with Gasteiger partial charge >= 0.3 is 8.56 Å². The third kappa shape index (κ3) is 7.10. The van der Waals surface area contributed by atoms with Gasteiger partial charge in [-0.2, -0.15) is 0 Å². The summed E-state index contributed by atoms with van der Waals surface area (Å²) >= 11 is 0. The van der Waals surface area contributed by atoms with Gasteiger partial charge in [-0.15, -0.1) is 15.0 Å².